The molecule has 2 saturated heterocycles. The molecular formula is C19H30ClN3O3S. The number of hydrogen-bond donors (Lipinski definition) is 2. The highest BCUT2D eigenvalue weighted by molar-refractivity contribution is 7.89. The van der Waals surface area contributed by atoms with E-state index in [9.17, 15) is 13.2 Å². The van der Waals surface area contributed by atoms with Crippen LogP contribution in [0.3, 0.4) is 0 Å². The molecule has 1 amide bonds. The topological polar surface area (TPSA) is 78.5 Å². The fraction of sp³-hybridized carbons (Fsp3) is 0.632. The standard InChI is InChI=1S/C19H29N3O3S.ClH/c1-2-26(24,25)22-13-10-19(11-14-22,16-7-4-3-5-8-16)18(23)21-15-17-9-6-12-20-17;/h3-5,7-8,17,20H,2,6,9-15H2,1H3,(H,21,23);1H. The summed E-state index contributed by atoms with van der Waals surface area (Å²) in [6, 6.07) is 10.1. The zero-order chi connectivity index (χ0) is 18.6. The van der Waals surface area contributed by atoms with Crippen LogP contribution in [0.2, 0.25) is 0 Å². The zero-order valence-corrected chi connectivity index (χ0v) is 17.4. The van der Waals surface area contributed by atoms with E-state index in [1.807, 2.05) is 30.3 Å². The van der Waals surface area contributed by atoms with Crippen LogP contribution in [0, 0.1) is 0 Å². The van der Waals surface area contributed by atoms with Crippen molar-refractivity contribution in [3.8, 4) is 0 Å². The summed E-state index contributed by atoms with van der Waals surface area (Å²) in [5, 5.41) is 6.53. The van der Waals surface area contributed by atoms with Crippen molar-refractivity contribution >= 4 is 28.3 Å². The monoisotopic (exact) mass is 415 g/mol. The summed E-state index contributed by atoms with van der Waals surface area (Å²) in [5.74, 6) is 0.121. The quantitative estimate of drug-likeness (QED) is 0.740. The van der Waals surface area contributed by atoms with Crippen LogP contribution >= 0.6 is 12.4 Å². The van der Waals surface area contributed by atoms with Crippen LogP contribution in [0.4, 0.5) is 0 Å². The van der Waals surface area contributed by atoms with Gasteiger partial charge < -0.3 is 10.6 Å². The Morgan fingerprint density at radius 2 is 1.93 bits per heavy atom. The third kappa shape index (κ3) is 4.83. The maximum atomic E-state index is 13.2. The van der Waals surface area contributed by atoms with Crippen molar-refractivity contribution in [2.45, 2.75) is 44.1 Å². The Labute approximate surface area is 168 Å². The minimum absolute atomic E-state index is 0. The highest BCUT2D eigenvalue weighted by Crippen LogP contribution is 2.36. The molecule has 3 rings (SSSR count). The molecule has 1 unspecified atom stereocenters. The lowest BCUT2D eigenvalue weighted by Gasteiger charge is -2.40. The molecule has 8 heteroatoms. The molecule has 2 aliphatic heterocycles. The van der Waals surface area contributed by atoms with Crippen LogP contribution in [-0.2, 0) is 20.2 Å². The van der Waals surface area contributed by atoms with Crippen LogP contribution in [0.5, 0.6) is 0 Å². The minimum atomic E-state index is -3.21. The van der Waals surface area contributed by atoms with Gasteiger partial charge in [0.1, 0.15) is 0 Å². The number of sulfonamides is 1. The van der Waals surface area contributed by atoms with Gasteiger partial charge in [0.2, 0.25) is 15.9 Å². The third-order valence-corrected chi connectivity index (χ3v) is 7.65. The molecule has 2 heterocycles. The first-order valence-corrected chi connectivity index (χ1v) is 11.1. The molecule has 0 radical (unpaired) electrons. The molecule has 0 spiro atoms. The SMILES string of the molecule is CCS(=O)(=O)N1CCC(C(=O)NCC2CCCN2)(c2ccccc2)CC1.Cl. The first-order valence-electron chi connectivity index (χ1n) is 9.53. The molecule has 2 fully saturated rings. The van der Waals surface area contributed by atoms with E-state index in [4.69, 9.17) is 0 Å². The molecular weight excluding hydrogens is 386 g/mol. The lowest BCUT2D eigenvalue weighted by Crippen LogP contribution is -2.54. The smallest absolute Gasteiger partial charge is 0.230 e. The van der Waals surface area contributed by atoms with Crippen LogP contribution in [-0.4, -0.2) is 56.6 Å². The molecule has 152 valence electrons. The van der Waals surface area contributed by atoms with Crippen molar-refractivity contribution in [3.63, 3.8) is 0 Å². The number of nitrogens with zero attached hydrogens (tertiary/aromatic N) is 1. The molecule has 1 aromatic carbocycles. The van der Waals surface area contributed by atoms with E-state index < -0.39 is 15.4 Å². The highest BCUT2D eigenvalue weighted by Gasteiger charge is 2.44. The van der Waals surface area contributed by atoms with Gasteiger partial charge in [-0.05, 0) is 44.7 Å². The van der Waals surface area contributed by atoms with Gasteiger partial charge in [-0.2, -0.15) is 0 Å². The first kappa shape index (κ1) is 22.1. The number of benzene rings is 1. The number of piperidine rings is 1. The van der Waals surface area contributed by atoms with Crippen molar-refractivity contribution < 1.29 is 13.2 Å². The van der Waals surface area contributed by atoms with Gasteiger partial charge in [-0.25, -0.2) is 12.7 Å². The minimum Gasteiger partial charge on any atom is -0.354 e. The van der Waals surface area contributed by atoms with Gasteiger partial charge in [0.25, 0.3) is 0 Å². The average Bonchev–Trinajstić information content (AvgIpc) is 3.20. The summed E-state index contributed by atoms with van der Waals surface area (Å²) in [6.07, 6.45) is 3.26. The predicted octanol–water partition coefficient (Wildman–Crippen LogP) is 1.66. The molecule has 0 saturated carbocycles. The Morgan fingerprint density at radius 3 is 2.48 bits per heavy atom. The summed E-state index contributed by atoms with van der Waals surface area (Å²) in [4.78, 5) is 13.2. The number of carbonyl (C=O) groups excluding carboxylic acids is 1. The van der Waals surface area contributed by atoms with Crippen molar-refractivity contribution in [1.82, 2.24) is 14.9 Å². The van der Waals surface area contributed by atoms with E-state index in [-0.39, 0.29) is 24.1 Å². The van der Waals surface area contributed by atoms with E-state index >= 15 is 0 Å². The fourth-order valence-corrected chi connectivity index (χ4v) is 5.15. The lowest BCUT2D eigenvalue weighted by atomic mass is 9.72. The van der Waals surface area contributed by atoms with Crippen molar-refractivity contribution in [1.29, 1.82) is 0 Å². The molecule has 2 N–H and O–H groups in total. The van der Waals surface area contributed by atoms with E-state index in [1.54, 1.807) is 6.92 Å². The van der Waals surface area contributed by atoms with Crippen LogP contribution in [0.1, 0.15) is 38.2 Å². The lowest BCUT2D eigenvalue weighted by molar-refractivity contribution is -0.128. The molecule has 1 atom stereocenters. The average molecular weight is 416 g/mol. The van der Waals surface area contributed by atoms with Crippen molar-refractivity contribution in [2.75, 3.05) is 31.9 Å². The molecule has 1 aromatic rings. The van der Waals surface area contributed by atoms with Gasteiger partial charge in [-0.1, -0.05) is 30.3 Å². The molecule has 0 aromatic heterocycles. The molecule has 27 heavy (non-hydrogen) atoms. The van der Waals surface area contributed by atoms with E-state index in [2.05, 4.69) is 10.6 Å². The van der Waals surface area contributed by atoms with Gasteiger partial charge in [0.15, 0.2) is 0 Å². The molecule has 0 bridgehead atoms. The molecule has 0 aliphatic carbocycles. The zero-order valence-electron chi connectivity index (χ0n) is 15.8. The second kappa shape index (κ2) is 9.37. The third-order valence-electron chi connectivity index (χ3n) is 5.77. The van der Waals surface area contributed by atoms with E-state index in [0.717, 1.165) is 24.9 Å². The normalized spacial score (nSPS) is 22.8. The summed E-state index contributed by atoms with van der Waals surface area (Å²) in [6.45, 7) is 4.08. The van der Waals surface area contributed by atoms with Crippen molar-refractivity contribution in [3.05, 3.63) is 35.9 Å². The van der Waals surface area contributed by atoms with E-state index in [1.165, 1.54) is 4.31 Å². The Balaban J connectivity index is 0.00000261. The fourth-order valence-electron chi connectivity index (χ4n) is 4.05. The highest BCUT2D eigenvalue weighted by atomic mass is 35.5. The van der Waals surface area contributed by atoms with Gasteiger partial charge in [-0.3, -0.25) is 4.79 Å². The van der Waals surface area contributed by atoms with Crippen LogP contribution in [0.25, 0.3) is 0 Å². The number of nitrogens with one attached hydrogen (secondary N) is 2. The second-order valence-electron chi connectivity index (χ2n) is 7.25. The number of carbonyl (C=O) groups is 1. The Kier molecular flexibility index (Phi) is 7.68. The van der Waals surface area contributed by atoms with Crippen LogP contribution < -0.4 is 10.6 Å². The number of amides is 1. The maximum absolute atomic E-state index is 13.2. The predicted molar refractivity (Wildman–Crippen MR) is 110 cm³/mol. The van der Waals surface area contributed by atoms with Gasteiger partial charge in [0.05, 0.1) is 11.2 Å². The van der Waals surface area contributed by atoms with E-state index in [0.29, 0.717) is 38.5 Å². The summed E-state index contributed by atoms with van der Waals surface area (Å²) in [5.41, 5.74) is 0.324. The number of hydrogen-bond acceptors (Lipinski definition) is 4. The van der Waals surface area contributed by atoms with Gasteiger partial charge in [0, 0.05) is 25.7 Å². The first-order chi connectivity index (χ1) is 12.5. The Hall–Kier alpha value is -1.15. The second-order valence-corrected chi connectivity index (χ2v) is 9.51. The number of halogens is 1. The summed E-state index contributed by atoms with van der Waals surface area (Å²) < 4.78 is 25.9. The number of rotatable bonds is 6. The Morgan fingerprint density at radius 1 is 1.26 bits per heavy atom. The maximum Gasteiger partial charge on any atom is 0.230 e. The molecule has 6 nitrogen and oxygen atoms in total. The summed E-state index contributed by atoms with van der Waals surface area (Å²) in [7, 11) is -3.21. The van der Waals surface area contributed by atoms with Gasteiger partial charge in [-0.15, -0.1) is 12.4 Å². The van der Waals surface area contributed by atoms with Gasteiger partial charge >= 0.3 is 0 Å². The van der Waals surface area contributed by atoms with Crippen LogP contribution in [0.15, 0.2) is 30.3 Å². The molecule has 2 aliphatic rings. The van der Waals surface area contributed by atoms with Crippen molar-refractivity contribution in [2.24, 2.45) is 0 Å². The Bertz CT molecular complexity index is 713. The largest absolute Gasteiger partial charge is 0.354 e. The summed E-state index contributed by atoms with van der Waals surface area (Å²) >= 11 is 0.